The van der Waals surface area contributed by atoms with Gasteiger partial charge < -0.3 is 20.0 Å². The predicted octanol–water partition coefficient (Wildman–Crippen LogP) is 2.74. The minimum absolute atomic E-state index is 0.198. The lowest BCUT2D eigenvalue weighted by atomic mass is 10.0. The van der Waals surface area contributed by atoms with Gasteiger partial charge in [-0.1, -0.05) is 24.3 Å². The lowest BCUT2D eigenvalue weighted by Crippen LogP contribution is -2.47. The number of carbonyl (C=O) groups is 2. The van der Waals surface area contributed by atoms with E-state index in [-0.39, 0.29) is 11.8 Å². The summed E-state index contributed by atoms with van der Waals surface area (Å²) < 4.78 is 0. The van der Waals surface area contributed by atoms with E-state index >= 15 is 0 Å². The van der Waals surface area contributed by atoms with Crippen molar-refractivity contribution in [3.8, 4) is 17.3 Å². The third-order valence-corrected chi connectivity index (χ3v) is 7.31. The molecule has 10 heteroatoms. The molecule has 0 unspecified atom stereocenters. The molecule has 10 nitrogen and oxygen atoms in total. The van der Waals surface area contributed by atoms with E-state index in [4.69, 9.17) is 5.26 Å². The number of hydrogen-bond acceptors (Lipinski definition) is 8. The highest BCUT2D eigenvalue weighted by atomic mass is 16.2. The number of anilines is 1. The van der Waals surface area contributed by atoms with Crippen molar-refractivity contribution >= 4 is 28.5 Å². The third-order valence-electron chi connectivity index (χ3n) is 7.31. The van der Waals surface area contributed by atoms with Crippen molar-refractivity contribution in [3.05, 3.63) is 83.8 Å². The summed E-state index contributed by atoms with van der Waals surface area (Å²) in [4.78, 5) is 45.7. The molecular formula is C31H32N8O2. The molecular weight excluding hydrogens is 516 g/mol. The summed E-state index contributed by atoms with van der Waals surface area (Å²) in [5.41, 5.74) is 4.15. The normalized spacial score (nSPS) is 14.3. The Morgan fingerprint density at radius 3 is 2.41 bits per heavy atom. The number of carbonyl (C=O) groups excluding carboxylic acids is 2. The first-order chi connectivity index (χ1) is 19.8. The Kier molecular flexibility index (Phi) is 8.17. The van der Waals surface area contributed by atoms with E-state index in [1.54, 1.807) is 38.4 Å². The topological polar surface area (TPSA) is 118 Å². The number of benzene rings is 2. The van der Waals surface area contributed by atoms with Gasteiger partial charge in [-0.15, -0.1) is 0 Å². The van der Waals surface area contributed by atoms with Gasteiger partial charge in [0.2, 0.25) is 5.91 Å². The van der Waals surface area contributed by atoms with Crippen molar-refractivity contribution in [2.24, 2.45) is 0 Å². The molecule has 1 N–H and O–H groups in total. The average molecular weight is 549 g/mol. The van der Waals surface area contributed by atoms with E-state index in [2.05, 4.69) is 43.2 Å². The van der Waals surface area contributed by atoms with Gasteiger partial charge in [-0.05, 0) is 42.9 Å². The van der Waals surface area contributed by atoms with Gasteiger partial charge in [-0.3, -0.25) is 14.6 Å². The van der Waals surface area contributed by atoms with Gasteiger partial charge in [0.1, 0.15) is 24.3 Å². The zero-order chi connectivity index (χ0) is 28.9. The summed E-state index contributed by atoms with van der Waals surface area (Å²) in [6.45, 7) is 3.68. The molecule has 4 aromatic rings. The highest BCUT2D eigenvalue weighted by Crippen LogP contribution is 2.25. The number of amides is 2. The third kappa shape index (κ3) is 6.31. The molecule has 3 heterocycles. The maximum absolute atomic E-state index is 13.4. The minimum atomic E-state index is -0.751. The molecule has 41 heavy (non-hydrogen) atoms. The van der Waals surface area contributed by atoms with Crippen LogP contribution in [0.5, 0.6) is 0 Å². The summed E-state index contributed by atoms with van der Waals surface area (Å²) in [5.74, 6) is 0.331. The van der Waals surface area contributed by atoms with Crippen LogP contribution in [-0.4, -0.2) is 89.9 Å². The molecule has 1 fully saturated rings. The first kappa shape index (κ1) is 27.7. The lowest BCUT2D eigenvalue weighted by Gasteiger charge is -2.33. The fourth-order valence-electron chi connectivity index (χ4n) is 4.89. The number of aromatic nitrogens is 3. The van der Waals surface area contributed by atoms with Crippen molar-refractivity contribution in [1.82, 2.24) is 30.1 Å². The van der Waals surface area contributed by atoms with Gasteiger partial charge in [-0.2, -0.15) is 5.26 Å². The number of fused-ring (bicyclic) bond motifs is 1. The first-order valence-corrected chi connectivity index (χ1v) is 13.5. The van der Waals surface area contributed by atoms with E-state index in [0.717, 1.165) is 54.2 Å². The monoisotopic (exact) mass is 548 g/mol. The largest absolute Gasteiger partial charge is 0.353 e. The number of nitriles is 1. The molecule has 1 aliphatic heterocycles. The molecule has 2 amide bonds. The fraction of sp³-hybridized carbons (Fsp3) is 0.290. The van der Waals surface area contributed by atoms with Crippen LogP contribution >= 0.6 is 0 Å². The van der Waals surface area contributed by atoms with Crippen LogP contribution in [0.4, 0.5) is 5.82 Å². The minimum Gasteiger partial charge on any atom is -0.353 e. The van der Waals surface area contributed by atoms with E-state index in [0.29, 0.717) is 23.1 Å². The quantitative estimate of drug-likeness (QED) is 0.375. The molecule has 2 aromatic heterocycles. The van der Waals surface area contributed by atoms with E-state index in [9.17, 15) is 9.59 Å². The summed E-state index contributed by atoms with van der Waals surface area (Å²) in [6, 6.07) is 17.9. The number of likely N-dealkylation sites (N-methyl/N-ethyl adjacent to an activating group) is 2. The Morgan fingerprint density at radius 2 is 1.76 bits per heavy atom. The van der Waals surface area contributed by atoms with Crippen LogP contribution in [0.2, 0.25) is 0 Å². The number of nitrogens with one attached hydrogen (secondary N) is 1. The van der Waals surface area contributed by atoms with Crippen LogP contribution in [0.1, 0.15) is 21.5 Å². The Balaban J connectivity index is 1.32. The number of hydrogen-bond donors (Lipinski definition) is 1. The number of pyridine rings is 1. The number of nitrogens with zero attached hydrogens (tertiary/aromatic N) is 7. The standard InChI is InChI=1S/C31H32N8O2/c1-37(2)31(41)28(16-21-4-7-23(8-5-21)26-11-6-22(18-32)19-33-26)36-30(40)24-9-10-25-27(17-24)34-20-35-29(25)39-14-12-38(3)13-15-39/h4-11,17,19-20,28H,12-16H2,1-3H3,(H,36,40)/t28-/m0/s1. The van der Waals surface area contributed by atoms with Gasteiger partial charge in [0.15, 0.2) is 0 Å². The summed E-state index contributed by atoms with van der Waals surface area (Å²) in [5, 5.41) is 12.8. The molecule has 1 atom stereocenters. The SMILES string of the molecule is CN1CCN(c2ncnc3cc(C(=O)N[C@@H](Cc4ccc(-c5ccc(C#N)cn5)cc4)C(=O)N(C)C)ccc23)CC1. The smallest absolute Gasteiger partial charge is 0.252 e. The van der Waals surface area contributed by atoms with E-state index in [1.165, 1.54) is 17.4 Å². The molecule has 2 aromatic carbocycles. The van der Waals surface area contributed by atoms with Gasteiger partial charge in [0, 0.05) is 69.4 Å². The number of rotatable bonds is 7. The summed E-state index contributed by atoms with van der Waals surface area (Å²) >= 11 is 0. The zero-order valence-corrected chi connectivity index (χ0v) is 23.4. The van der Waals surface area contributed by atoms with Crippen LogP contribution in [0, 0.1) is 11.3 Å². The Hall–Kier alpha value is -4.88. The number of piperazine rings is 1. The molecule has 0 bridgehead atoms. The maximum atomic E-state index is 13.4. The Labute approximate surface area is 239 Å². The maximum Gasteiger partial charge on any atom is 0.252 e. The van der Waals surface area contributed by atoms with Gasteiger partial charge in [0.05, 0.1) is 16.8 Å². The van der Waals surface area contributed by atoms with Crippen LogP contribution in [0.25, 0.3) is 22.2 Å². The predicted molar refractivity (Wildman–Crippen MR) is 157 cm³/mol. The second-order valence-electron chi connectivity index (χ2n) is 10.4. The fourth-order valence-corrected chi connectivity index (χ4v) is 4.89. The zero-order valence-electron chi connectivity index (χ0n) is 23.4. The molecule has 1 saturated heterocycles. The second-order valence-corrected chi connectivity index (χ2v) is 10.4. The second kappa shape index (κ2) is 12.1. The highest BCUT2D eigenvalue weighted by molar-refractivity contribution is 6.01. The first-order valence-electron chi connectivity index (χ1n) is 13.5. The molecule has 0 spiro atoms. The van der Waals surface area contributed by atoms with Gasteiger partial charge >= 0.3 is 0 Å². The highest BCUT2D eigenvalue weighted by Gasteiger charge is 2.24. The van der Waals surface area contributed by atoms with Crippen LogP contribution in [-0.2, 0) is 11.2 Å². The van der Waals surface area contributed by atoms with Crippen molar-refractivity contribution in [1.29, 1.82) is 5.26 Å². The van der Waals surface area contributed by atoms with Crippen molar-refractivity contribution in [3.63, 3.8) is 0 Å². The van der Waals surface area contributed by atoms with Crippen LogP contribution < -0.4 is 10.2 Å². The Bertz CT molecular complexity index is 1590. The van der Waals surface area contributed by atoms with Gasteiger partial charge in [-0.25, -0.2) is 9.97 Å². The van der Waals surface area contributed by atoms with Gasteiger partial charge in [0.25, 0.3) is 5.91 Å². The van der Waals surface area contributed by atoms with Crippen LogP contribution in [0.15, 0.2) is 67.1 Å². The molecule has 0 aliphatic carbocycles. The van der Waals surface area contributed by atoms with Crippen molar-refractivity contribution in [2.75, 3.05) is 52.2 Å². The summed E-state index contributed by atoms with van der Waals surface area (Å²) in [6.07, 6.45) is 3.40. The lowest BCUT2D eigenvalue weighted by molar-refractivity contribution is -0.130. The molecule has 0 radical (unpaired) electrons. The van der Waals surface area contributed by atoms with Crippen molar-refractivity contribution in [2.45, 2.75) is 12.5 Å². The summed E-state index contributed by atoms with van der Waals surface area (Å²) in [7, 11) is 5.46. The van der Waals surface area contributed by atoms with E-state index < -0.39 is 6.04 Å². The van der Waals surface area contributed by atoms with Crippen molar-refractivity contribution < 1.29 is 9.59 Å². The van der Waals surface area contributed by atoms with Crippen LogP contribution in [0.3, 0.4) is 0 Å². The van der Waals surface area contributed by atoms with E-state index in [1.807, 2.05) is 30.3 Å². The Morgan fingerprint density at radius 1 is 1.00 bits per heavy atom. The molecule has 0 saturated carbocycles. The molecule has 1 aliphatic rings. The molecule has 5 rings (SSSR count). The molecule has 208 valence electrons. The average Bonchev–Trinajstić information content (AvgIpc) is 3.00.